The number of thiophene rings is 1. The lowest BCUT2D eigenvalue weighted by atomic mass is 9.67. The molecule has 1 saturated carbocycles. The molecule has 0 spiro atoms. The van der Waals surface area contributed by atoms with Gasteiger partial charge in [-0.15, -0.1) is 11.3 Å². The Morgan fingerprint density at radius 3 is 2.69 bits per heavy atom. The highest BCUT2D eigenvalue weighted by Gasteiger charge is 2.36. The van der Waals surface area contributed by atoms with Crippen molar-refractivity contribution in [3.05, 3.63) is 22.4 Å². The zero-order chi connectivity index (χ0) is 18.2. The number of likely N-dealkylation sites (tertiary alicyclic amines) is 1. The Kier molecular flexibility index (Phi) is 7.34. The maximum Gasteiger partial charge on any atom is 0.191 e. The highest BCUT2D eigenvalue weighted by atomic mass is 32.1. The second kappa shape index (κ2) is 9.72. The maximum atomic E-state index is 5.31. The Bertz CT molecular complexity index is 550. The van der Waals surface area contributed by atoms with Gasteiger partial charge in [0, 0.05) is 38.7 Å². The molecule has 3 rings (SSSR count). The minimum absolute atomic E-state index is 0.399. The van der Waals surface area contributed by atoms with Crippen molar-refractivity contribution in [2.45, 2.75) is 44.6 Å². The van der Waals surface area contributed by atoms with Crippen LogP contribution in [0.5, 0.6) is 0 Å². The van der Waals surface area contributed by atoms with E-state index in [1.54, 1.807) is 7.11 Å². The SMILES string of the molecule is CN=C(NCC(c1cccs1)N1CCCC1)NCC1(CCOC)CCC1. The standard InChI is InChI=1S/C20H34N4OS/c1-21-19(23-16-20(8-6-9-20)10-13-25-2)22-15-17(18-7-5-14-26-18)24-11-3-4-12-24/h5,7,14,17H,3-4,6,8-13,15-16H2,1-2H3,(H2,21,22,23). The van der Waals surface area contributed by atoms with Crippen LogP contribution in [0.15, 0.2) is 22.5 Å². The summed E-state index contributed by atoms with van der Waals surface area (Å²) >= 11 is 1.86. The molecule has 2 heterocycles. The van der Waals surface area contributed by atoms with E-state index in [1.807, 2.05) is 18.4 Å². The monoisotopic (exact) mass is 378 g/mol. The predicted octanol–water partition coefficient (Wildman–Crippen LogP) is 3.26. The third-order valence-corrected chi connectivity index (χ3v) is 6.99. The lowest BCUT2D eigenvalue weighted by molar-refractivity contribution is 0.0732. The van der Waals surface area contributed by atoms with Gasteiger partial charge in [-0.2, -0.15) is 0 Å². The van der Waals surface area contributed by atoms with Gasteiger partial charge >= 0.3 is 0 Å². The topological polar surface area (TPSA) is 48.9 Å². The lowest BCUT2D eigenvalue weighted by Crippen LogP contribution is -2.48. The van der Waals surface area contributed by atoms with Crippen LogP contribution in [0, 0.1) is 5.41 Å². The molecule has 1 aromatic heterocycles. The van der Waals surface area contributed by atoms with E-state index in [9.17, 15) is 0 Å². The van der Waals surface area contributed by atoms with E-state index in [2.05, 4.69) is 38.0 Å². The Morgan fingerprint density at radius 2 is 2.12 bits per heavy atom. The Morgan fingerprint density at radius 1 is 1.31 bits per heavy atom. The van der Waals surface area contributed by atoms with Crippen LogP contribution in [0.3, 0.4) is 0 Å². The molecule has 2 N–H and O–H groups in total. The summed E-state index contributed by atoms with van der Waals surface area (Å²) in [6.07, 6.45) is 7.71. The van der Waals surface area contributed by atoms with Crippen molar-refractivity contribution in [2.24, 2.45) is 10.4 Å². The van der Waals surface area contributed by atoms with Crippen molar-refractivity contribution in [3.8, 4) is 0 Å². The number of nitrogens with one attached hydrogen (secondary N) is 2. The molecule has 1 saturated heterocycles. The molecular formula is C20H34N4OS. The Hall–Kier alpha value is -1.11. The molecule has 1 atom stereocenters. The van der Waals surface area contributed by atoms with Crippen LogP contribution in [-0.2, 0) is 4.74 Å². The van der Waals surface area contributed by atoms with E-state index in [1.165, 1.54) is 50.1 Å². The number of nitrogens with zero attached hydrogens (tertiary/aromatic N) is 2. The van der Waals surface area contributed by atoms with Gasteiger partial charge in [-0.1, -0.05) is 12.5 Å². The zero-order valence-corrected chi connectivity index (χ0v) is 17.1. The summed E-state index contributed by atoms with van der Waals surface area (Å²) in [4.78, 5) is 8.52. The van der Waals surface area contributed by atoms with Crippen molar-refractivity contribution in [3.63, 3.8) is 0 Å². The quantitative estimate of drug-likeness (QED) is 0.511. The average molecular weight is 379 g/mol. The van der Waals surface area contributed by atoms with Crippen molar-refractivity contribution in [1.82, 2.24) is 15.5 Å². The van der Waals surface area contributed by atoms with Gasteiger partial charge in [0.15, 0.2) is 5.96 Å². The first-order chi connectivity index (χ1) is 12.8. The van der Waals surface area contributed by atoms with E-state index < -0.39 is 0 Å². The van der Waals surface area contributed by atoms with Crippen molar-refractivity contribution in [2.75, 3.05) is 46.9 Å². The Balaban J connectivity index is 1.52. The minimum atomic E-state index is 0.399. The minimum Gasteiger partial charge on any atom is -0.385 e. The third-order valence-electron chi connectivity index (χ3n) is 6.02. The van der Waals surface area contributed by atoms with Crippen LogP contribution in [0.25, 0.3) is 0 Å². The predicted molar refractivity (Wildman–Crippen MR) is 110 cm³/mol. The zero-order valence-electron chi connectivity index (χ0n) is 16.3. The van der Waals surface area contributed by atoms with Gasteiger partial charge in [0.05, 0.1) is 6.04 Å². The molecule has 2 aliphatic rings. The number of aliphatic imine (C=N–C) groups is 1. The Labute approximate surface area is 162 Å². The fraction of sp³-hybridized carbons (Fsp3) is 0.750. The smallest absolute Gasteiger partial charge is 0.191 e. The van der Waals surface area contributed by atoms with Gasteiger partial charge in [0.25, 0.3) is 0 Å². The number of methoxy groups -OCH3 is 1. The van der Waals surface area contributed by atoms with Crippen LogP contribution in [-0.4, -0.2) is 57.8 Å². The molecule has 5 nitrogen and oxygen atoms in total. The van der Waals surface area contributed by atoms with E-state index >= 15 is 0 Å². The summed E-state index contributed by atoms with van der Waals surface area (Å²) in [5, 5.41) is 9.35. The number of ether oxygens (including phenoxy) is 1. The van der Waals surface area contributed by atoms with Gasteiger partial charge in [0.1, 0.15) is 0 Å². The molecule has 1 aromatic rings. The van der Waals surface area contributed by atoms with Crippen LogP contribution in [0.1, 0.15) is 49.4 Å². The van der Waals surface area contributed by atoms with E-state index in [-0.39, 0.29) is 0 Å². The highest BCUT2D eigenvalue weighted by molar-refractivity contribution is 7.10. The lowest BCUT2D eigenvalue weighted by Gasteiger charge is -2.42. The molecule has 0 aromatic carbocycles. The molecule has 1 unspecified atom stereocenters. The molecule has 0 radical (unpaired) electrons. The summed E-state index contributed by atoms with van der Waals surface area (Å²) in [6.45, 7) is 5.16. The van der Waals surface area contributed by atoms with Crippen LogP contribution < -0.4 is 10.6 Å². The summed E-state index contributed by atoms with van der Waals surface area (Å²) in [6, 6.07) is 4.87. The third kappa shape index (κ3) is 4.99. The maximum absolute atomic E-state index is 5.31. The second-order valence-corrected chi connectivity index (χ2v) is 8.66. The molecule has 0 amide bonds. The van der Waals surface area contributed by atoms with Crippen molar-refractivity contribution < 1.29 is 4.74 Å². The second-order valence-electron chi connectivity index (χ2n) is 7.68. The summed E-state index contributed by atoms with van der Waals surface area (Å²) in [7, 11) is 3.66. The van der Waals surface area contributed by atoms with Gasteiger partial charge < -0.3 is 15.4 Å². The largest absolute Gasteiger partial charge is 0.385 e. The fourth-order valence-electron chi connectivity index (χ4n) is 4.14. The average Bonchev–Trinajstić information content (AvgIpc) is 3.33. The normalized spacial score (nSPS) is 21.4. The number of hydrogen-bond acceptors (Lipinski definition) is 4. The molecule has 1 aliphatic carbocycles. The molecular weight excluding hydrogens is 344 g/mol. The molecule has 2 fully saturated rings. The first-order valence-electron chi connectivity index (χ1n) is 9.97. The number of rotatable bonds is 9. The molecule has 146 valence electrons. The molecule has 1 aliphatic heterocycles. The van der Waals surface area contributed by atoms with Crippen molar-refractivity contribution >= 4 is 17.3 Å². The summed E-state index contributed by atoms with van der Waals surface area (Å²) in [5.74, 6) is 0.925. The van der Waals surface area contributed by atoms with Crippen LogP contribution >= 0.6 is 11.3 Å². The van der Waals surface area contributed by atoms with Crippen LogP contribution in [0.2, 0.25) is 0 Å². The first kappa shape index (κ1) is 19.6. The van der Waals surface area contributed by atoms with Crippen LogP contribution in [0.4, 0.5) is 0 Å². The van der Waals surface area contributed by atoms with Gasteiger partial charge in [0.2, 0.25) is 0 Å². The van der Waals surface area contributed by atoms with Gasteiger partial charge in [-0.25, -0.2) is 0 Å². The number of guanidine groups is 1. The summed E-state index contributed by atoms with van der Waals surface area (Å²) in [5.41, 5.74) is 0.399. The van der Waals surface area contributed by atoms with Gasteiger partial charge in [-0.3, -0.25) is 9.89 Å². The van der Waals surface area contributed by atoms with E-state index in [4.69, 9.17) is 4.74 Å². The number of hydrogen-bond donors (Lipinski definition) is 2. The molecule has 6 heteroatoms. The van der Waals surface area contributed by atoms with Gasteiger partial charge in [-0.05, 0) is 62.1 Å². The fourth-order valence-corrected chi connectivity index (χ4v) is 5.00. The van der Waals surface area contributed by atoms with E-state index in [0.717, 1.165) is 32.1 Å². The molecule has 0 bridgehead atoms. The molecule has 26 heavy (non-hydrogen) atoms. The van der Waals surface area contributed by atoms with E-state index in [0.29, 0.717) is 11.5 Å². The first-order valence-corrected chi connectivity index (χ1v) is 10.9. The van der Waals surface area contributed by atoms with Crippen molar-refractivity contribution in [1.29, 1.82) is 0 Å². The summed E-state index contributed by atoms with van der Waals surface area (Å²) < 4.78 is 5.31. The highest BCUT2D eigenvalue weighted by Crippen LogP contribution is 2.43.